The SMILES string of the molecule is C=C(C)CCC[C@@H](C)[C@H]1CC[C@H]2[C@@H]3CNC4CC(=O)CC[C@]4(C)[C@H]3CC[C@]12C. The first-order chi connectivity index (χ1) is 13.3. The van der Waals surface area contributed by atoms with Gasteiger partial charge in [0.15, 0.2) is 0 Å². The van der Waals surface area contributed by atoms with E-state index in [1.807, 2.05) is 0 Å². The highest BCUT2D eigenvalue weighted by Gasteiger charge is 2.60. The number of hydrogen-bond acceptors (Lipinski definition) is 2. The van der Waals surface area contributed by atoms with Crippen LogP contribution in [-0.2, 0) is 4.79 Å². The fraction of sp³-hybridized carbons (Fsp3) is 0.885. The van der Waals surface area contributed by atoms with Gasteiger partial charge in [-0.3, -0.25) is 4.79 Å². The minimum absolute atomic E-state index is 0.351. The lowest BCUT2D eigenvalue weighted by molar-refractivity contribution is -0.133. The molecule has 8 atom stereocenters. The average Bonchev–Trinajstić information content (AvgIpc) is 2.99. The van der Waals surface area contributed by atoms with Gasteiger partial charge in [0.25, 0.3) is 0 Å². The molecule has 1 aliphatic heterocycles. The molecule has 2 nitrogen and oxygen atoms in total. The van der Waals surface area contributed by atoms with Crippen molar-refractivity contribution >= 4 is 5.78 Å². The zero-order valence-corrected chi connectivity index (χ0v) is 18.9. The van der Waals surface area contributed by atoms with Gasteiger partial charge < -0.3 is 5.32 Å². The number of rotatable bonds is 5. The topological polar surface area (TPSA) is 29.1 Å². The van der Waals surface area contributed by atoms with Gasteiger partial charge in [-0.15, -0.1) is 6.58 Å². The highest BCUT2D eigenvalue weighted by Crippen LogP contribution is 2.65. The highest BCUT2D eigenvalue weighted by molar-refractivity contribution is 5.80. The Balaban J connectivity index is 1.47. The smallest absolute Gasteiger partial charge is 0.134 e. The van der Waals surface area contributed by atoms with Gasteiger partial charge in [0.2, 0.25) is 0 Å². The van der Waals surface area contributed by atoms with Crippen molar-refractivity contribution in [1.29, 1.82) is 0 Å². The van der Waals surface area contributed by atoms with Gasteiger partial charge in [0.05, 0.1) is 0 Å². The molecule has 0 aromatic carbocycles. The molecule has 4 rings (SSSR count). The molecule has 3 saturated carbocycles. The Kier molecular flexibility index (Phi) is 5.57. The van der Waals surface area contributed by atoms with Gasteiger partial charge in [-0.2, -0.15) is 0 Å². The van der Waals surface area contributed by atoms with Crippen LogP contribution in [0, 0.1) is 40.4 Å². The summed E-state index contributed by atoms with van der Waals surface area (Å²) in [7, 11) is 0. The first kappa shape index (κ1) is 20.6. The Morgan fingerprint density at radius 1 is 1.18 bits per heavy atom. The zero-order chi connectivity index (χ0) is 20.1. The number of Topliss-reactive ketones (excluding diaryl/α,β-unsaturated/α-hetero) is 1. The van der Waals surface area contributed by atoms with Crippen LogP contribution < -0.4 is 5.32 Å². The van der Waals surface area contributed by atoms with Crippen LogP contribution in [0.25, 0.3) is 0 Å². The fourth-order valence-electron chi connectivity index (χ4n) is 8.47. The van der Waals surface area contributed by atoms with Crippen molar-refractivity contribution in [3.63, 3.8) is 0 Å². The van der Waals surface area contributed by atoms with Gasteiger partial charge in [0, 0.05) is 18.9 Å². The number of carbonyl (C=O) groups excluding carboxylic acids is 1. The number of hydrogen-bond donors (Lipinski definition) is 1. The van der Waals surface area contributed by atoms with Gasteiger partial charge in [-0.1, -0.05) is 32.8 Å². The van der Waals surface area contributed by atoms with E-state index in [0.717, 1.165) is 55.4 Å². The standard InChI is InChI=1S/C26H43NO/c1-17(2)7-6-8-18(3)21-9-10-22-20-16-27-24-15-19(28)11-13-26(24,5)23(20)12-14-25(21,22)4/h18,20-24,27H,1,6-16H2,2-5H3/t18-,20+,21-,22+,23+,24?,25-,26-/m1/s1. The lowest BCUT2D eigenvalue weighted by Gasteiger charge is -2.60. The summed E-state index contributed by atoms with van der Waals surface area (Å²) in [5, 5.41) is 3.88. The van der Waals surface area contributed by atoms with Crippen molar-refractivity contribution in [1.82, 2.24) is 5.32 Å². The summed E-state index contributed by atoms with van der Waals surface area (Å²) >= 11 is 0. The number of allylic oxidation sites excluding steroid dienone is 1. The Labute approximate surface area is 173 Å². The van der Waals surface area contributed by atoms with Crippen LogP contribution >= 0.6 is 0 Å². The van der Waals surface area contributed by atoms with E-state index in [2.05, 4.69) is 39.6 Å². The van der Waals surface area contributed by atoms with Crippen molar-refractivity contribution in [2.24, 2.45) is 40.4 Å². The van der Waals surface area contributed by atoms with Crippen LogP contribution in [0.3, 0.4) is 0 Å². The molecule has 1 saturated heterocycles. The van der Waals surface area contributed by atoms with Gasteiger partial charge >= 0.3 is 0 Å². The van der Waals surface area contributed by atoms with E-state index >= 15 is 0 Å². The van der Waals surface area contributed by atoms with Crippen LogP contribution in [0.5, 0.6) is 0 Å². The summed E-state index contributed by atoms with van der Waals surface area (Å²) in [6, 6.07) is 0.442. The summed E-state index contributed by atoms with van der Waals surface area (Å²) in [5.41, 5.74) is 2.23. The first-order valence-electron chi connectivity index (χ1n) is 12.1. The average molecular weight is 386 g/mol. The second-order valence-electron chi connectivity index (χ2n) is 11.6. The van der Waals surface area contributed by atoms with Gasteiger partial charge in [-0.25, -0.2) is 0 Å². The summed E-state index contributed by atoms with van der Waals surface area (Å²) < 4.78 is 0. The van der Waals surface area contributed by atoms with Crippen molar-refractivity contribution in [3.05, 3.63) is 12.2 Å². The molecule has 4 fully saturated rings. The number of piperidine rings is 1. The van der Waals surface area contributed by atoms with E-state index < -0.39 is 0 Å². The molecule has 1 unspecified atom stereocenters. The summed E-state index contributed by atoms with van der Waals surface area (Å²) in [4.78, 5) is 12.1. The van der Waals surface area contributed by atoms with E-state index in [1.54, 1.807) is 0 Å². The maximum atomic E-state index is 12.1. The molecule has 3 aliphatic carbocycles. The molecule has 158 valence electrons. The van der Waals surface area contributed by atoms with Crippen LogP contribution in [-0.4, -0.2) is 18.4 Å². The second kappa shape index (κ2) is 7.56. The summed E-state index contributed by atoms with van der Waals surface area (Å²) in [6.45, 7) is 15.1. The van der Waals surface area contributed by atoms with Crippen molar-refractivity contribution in [2.45, 2.75) is 97.9 Å². The predicted molar refractivity (Wildman–Crippen MR) is 117 cm³/mol. The Bertz CT molecular complexity index is 626. The van der Waals surface area contributed by atoms with E-state index in [4.69, 9.17) is 0 Å². The third-order valence-electron chi connectivity index (χ3n) is 10.1. The van der Waals surface area contributed by atoms with Gasteiger partial charge in [0.1, 0.15) is 5.78 Å². The zero-order valence-electron chi connectivity index (χ0n) is 18.9. The van der Waals surface area contributed by atoms with Crippen LogP contribution in [0.2, 0.25) is 0 Å². The van der Waals surface area contributed by atoms with E-state index in [9.17, 15) is 4.79 Å². The lowest BCUT2D eigenvalue weighted by Crippen LogP contribution is -2.63. The van der Waals surface area contributed by atoms with Crippen LogP contribution in [0.15, 0.2) is 12.2 Å². The Morgan fingerprint density at radius 3 is 2.68 bits per heavy atom. The summed E-state index contributed by atoms with van der Waals surface area (Å²) in [6.07, 6.45) is 12.3. The monoisotopic (exact) mass is 385 g/mol. The molecule has 0 aromatic heterocycles. The molecular formula is C26H43NO. The third kappa shape index (κ3) is 3.32. The third-order valence-corrected chi connectivity index (χ3v) is 10.1. The molecule has 0 radical (unpaired) electrons. The first-order valence-corrected chi connectivity index (χ1v) is 12.1. The van der Waals surface area contributed by atoms with Crippen LogP contribution in [0.1, 0.15) is 91.9 Å². The Morgan fingerprint density at radius 2 is 1.93 bits per heavy atom. The molecule has 2 heteroatoms. The molecule has 4 aliphatic rings. The number of nitrogens with one attached hydrogen (secondary N) is 1. The minimum atomic E-state index is 0.351. The molecule has 0 amide bonds. The van der Waals surface area contributed by atoms with E-state index in [1.165, 1.54) is 50.5 Å². The second-order valence-corrected chi connectivity index (χ2v) is 11.6. The predicted octanol–water partition coefficient (Wildman–Crippen LogP) is 6.16. The molecule has 0 aromatic rings. The molecule has 1 heterocycles. The number of fused-ring (bicyclic) bond motifs is 5. The van der Waals surface area contributed by atoms with E-state index in [-0.39, 0.29) is 0 Å². The fourth-order valence-corrected chi connectivity index (χ4v) is 8.47. The molecule has 0 bridgehead atoms. The Hall–Kier alpha value is -0.630. The van der Waals surface area contributed by atoms with Crippen molar-refractivity contribution < 1.29 is 4.79 Å². The molecule has 1 N–H and O–H groups in total. The highest BCUT2D eigenvalue weighted by atomic mass is 16.1. The van der Waals surface area contributed by atoms with Crippen LogP contribution in [0.4, 0.5) is 0 Å². The summed E-state index contributed by atoms with van der Waals surface area (Å²) in [5.74, 6) is 4.80. The lowest BCUT2D eigenvalue weighted by atomic mass is 9.48. The number of ketones is 1. The quantitative estimate of drug-likeness (QED) is 0.574. The maximum Gasteiger partial charge on any atom is 0.134 e. The van der Waals surface area contributed by atoms with Crippen molar-refractivity contribution in [3.8, 4) is 0 Å². The maximum absolute atomic E-state index is 12.1. The molecule has 0 spiro atoms. The molecular weight excluding hydrogens is 342 g/mol. The number of carbonyl (C=O) groups is 1. The van der Waals surface area contributed by atoms with Gasteiger partial charge in [-0.05, 0) is 98.8 Å². The normalized spacial score (nSPS) is 46.4. The molecule has 28 heavy (non-hydrogen) atoms. The minimum Gasteiger partial charge on any atom is -0.313 e. The largest absolute Gasteiger partial charge is 0.313 e. The van der Waals surface area contributed by atoms with Crippen molar-refractivity contribution in [2.75, 3.05) is 6.54 Å². The van der Waals surface area contributed by atoms with E-state index in [0.29, 0.717) is 22.7 Å².